The van der Waals surface area contributed by atoms with Crippen molar-refractivity contribution >= 4 is 5.91 Å². The van der Waals surface area contributed by atoms with Gasteiger partial charge in [-0.25, -0.2) is 4.68 Å². The van der Waals surface area contributed by atoms with Crippen molar-refractivity contribution in [2.75, 3.05) is 7.11 Å². The molecule has 3 aromatic rings. The van der Waals surface area contributed by atoms with Gasteiger partial charge in [-0.3, -0.25) is 4.79 Å². The Labute approximate surface area is 190 Å². The number of carbonyl (C=O) groups excluding carboxylic acids is 1. The average Bonchev–Trinajstić information content (AvgIpc) is 3.12. The van der Waals surface area contributed by atoms with Crippen LogP contribution in [-0.2, 0) is 11.3 Å². The Bertz CT molecular complexity index is 1040. The summed E-state index contributed by atoms with van der Waals surface area (Å²) in [4.78, 5) is 15.0. The molecule has 1 atom stereocenters. The molecule has 0 fully saturated rings. The predicted molar refractivity (Wildman–Crippen MR) is 127 cm³/mol. The van der Waals surface area contributed by atoms with Gasteiger partial charge in [-0.2, -0.15) is 5.10 Å². The number of hydrogen-bond donors (Lipinski definition) is 0. The van der Waals surface area contributed by atoms with Crippen LogP contribution in [-0.4, -0.2) is 33.7 Å². The number of carbonyl (C=O) groups is 1. The van der Waals surface area contributed by atoms with Gasteiger partial charge < -0.3 is 14.4 Å². The smallest absolute Gasteiger partial charge is 0.228 e. The standard InChI is InChI=1S/C26H33N3O3/c1-7-19(4)28(25(30)18(2)3)17-22-20(5)27-29(21-13-9-8-10-14-21)26(22)32-24-16-12-11-15-23(24)31-6/h8-16,18-19H,7,17H2,1-6H3/t19-/m0/s1. The van der Waals surface area contributed by atoms with E-state index in [0.717, 1.165) is 23.4 Å². The molecule has 0 unspecified atom stereocenters. The van der Waals surface area contributed by atoms with Crippen molar-refractivity contribution in [2.45, 2.75) is 53.6 Å². The summed E-state index contributed by atoms with van der Waals surface area (Å²) in [6.45, 7) is 10.4. The van der Waals surface area contributed by atoms with Crippen LogP contribution >= 0.6 is 0 Å². The van der Waals surface area contributed by atoms with Crippen LogP contribution in [0.4, 0.5) is 0 Å². The van der Waals surface area contributed by atoms with Gasteiger partial charge in [0.1, 0.15) is 0 Å². The van der Waals surface area contributed by atoms with Gasteiger partial charge in [-0.15, -0.1) is 0 Å². The van der Waals surface area contributed by atoms with E-state index in [0.29, 0.717) is 23.9 Å². The van der Waals surface area contributed by atoms with Crippen LogP contribution in [0, 0.1) is 12.8 Å². The molecule has 1 heterocycles. The second-order valence-corrected chi connectivity index (χ2v) is 8.25. The largest absolute Gasteiger partial charge is 0.493 e. The minimum atomic E-state index is -0.0907. The molecule has 32 heavy (non-hydrogen) atoms. The third-order valence-corrected chi connectivity index (χ3v) is 5.64. The van der Waals surface area contributed by atoms with Crippen molar-refractivity contribution in [1.82, 2.24) is 14.7 Å². The fourth-order valence-corrected chi connectivity index (χ4v) is 3.55. The molecular weight excluding hydrogens is 402 g/mol. The number of amides is 1. The van der Waals surface area contributed by atoms with Crippen molar-refractivity contribution in [3.05, 3.63) is 65.9 Å². The molecule has 0 aliphatic carbocycles. The topological polar surface area (TPSA) is 56.6 Å². The molecule has 0 saturated heterocycles. The van der Waals surface area contributed by atoms with Gasteiger partial charge in [0.25, 0.3) is 0 Å². The van der Waals surface area contributed by atoms with Crippen LogP contribution in [0.3, 0.4) is 0 Å². The Morgan fingerprint density at radius 3 is 2.25 bits per heavy atom. The average molecular weight is 436 g/mol. The third kappa shape index (κ3) is 4.96. The van der Waals surface area contributed by atoms with E-state index in [4.69, 9.17) is 14.6 Å². The fraction of sp³-hybridized carbons (Fsp3) is 0.385. The number of para-hydroxylation sites is 3. The van der Waals surface area contributed by atoms with Crippen LogP contribution in [0.5, 0.6) is 17.4 Å². The highest BCUT2D eigenvalue weighted by atomic mass is 16.5. The first kappa shape index (κ1) is 23.4. The summed E-state index contributed by atoms with van der Waals surface area (Å²) in [6.07, 6.45) is 0.868. The van der Waals surface area contributed by atoms with E-state index in [9.17, 15) is 4.79 Å². The number of aryl methyl sites for hydroxylation is 1. The van der Waals surface area contributed by atoms with Gasteiger partial charge in [0.2, 0.25) is 11.8 Å². The lowest BCUT2D eigenvalue weighted by Gasteiger charge is -2.30. The number of nitrogens with zero attached hydrogens (tertiary/aromatic N) is 3. The first-order valence-corrected chi connectivity index (χ1v) is 11.1. The van der Waals surface area contributed by atoms with Gasteiger partial charge in [-0.05, 0) is 44.5 Å². The summed E-state index contributed by atoms with van der Waals surface area (Å²) in [5.74, 6) is 1.84. The van der Waals surface area contributed by atoms with Crippen LogP contribution in [0.2, 0.25) is 0 Å². The Balaban J connectivity index is 2.13. The summed E-state index contributed by atoms with van der Waals surface area (Å²) in [5.41, 5.74) is 2.59. The van der Waals surface area contributed by atoms with E-state index in [1.165, 1.54) is 0 Å². The van der Waals surface area contributed by atoms with Crippen molar-refractivity contribution in [3.63, 3.8) is 0 Å². The van der Waals surface area contributed by atoms with E-state index in [-0.39, 0.29) is 17.9 Å². The highest BCUT2D eigenvalue weighted by molar-refractivity contribution is 5.78. The number of aromatic nitrogens is 2. The van der Waals surface area contributed by atoms with Gasteiger partial charge in [0.05, 0.1) is 30.6 Å². The normalized spacial score (nSPS) is 12.0. The number of hydrogen-bond acceptors (Lipinski definition) is 4. The van der Waals surface area contributed by atoms with Crippen LogP contribution in [0.15, 0.2) is 54.6 Å². The third-order valence-electron chi connectivity index (χ3n) is 5.64. The molecular formula is C26H33N3O3. The SMILES string of the molecule is CC[C@H](C)N(Cc1c(C)nn(-c2ccccc2)c1Oc1ccccc1OC)C(=O)C(C)C. The second-order valence-electron chi connectivity index (χ2n) is 8.25. The summed E-state index contributed by atoms with van der Waals surface area (Å²) in [6, 6.07) is 17.5. The van der Waals surface area contributed by atoms with E-state index in [2.05, 4.69) is 13.8 Å². The molecule has 6 heteroatoms. The predicted octanol–water partition coefficient (Wildman–Crippen LogP) is 5.76. The monoisotopic (exact) mass is 435 g/mol. The maximum absolute atomic E-state index is 13.0. The minimum absolute atomic E-state index is 0.0907. The van der Waals surface area contributed by atoms with Gasteiger partial charge >= 0.3 is 0 Å². The highest BCUT2D eigenvalue weighted by Gasteiger charge is 2.27. The van der Waals surface area contributed by atoms with Gasteiger partial charge in [0.15, 0.2) is 11.5 Å². The molecule has 2 aromatic carbocycles. The number of benzene rings is 2. The molecule has 0 aliphatic rings. The first-order valence-electron chi connectivity index (χ1n) is 11.1. The van der Waals surface area contributed by atoms with Crippen molar-refractivity contribution in [1.29, 1.82) is 0 Å². The van der Waals surface area contributed by atoms with E-state index in [1.807, 2.05) is 80.3 Å². The van der Waals surface area contributed by atoms with Crippen molar-refractivity contribution < 1.29 is 14.3 Å². The minimum Gasteiger partial charge on any atom is -0.493 e. The second kappa shape index (κ2) is 10.4. The first-order chi connectivity index (χ1) is 15.4. The molecule has 0 radical (unpaired) electrons. The van der Waals surface area contributed by atoms with Crippen molar-refractivity contribution in [3.8, 4) is 23.1 Å². The number of methoxy groups -OCH3 is 1. The zero-order chi connectivity index (χ0) is 23.3. The number of rotatable bonds is 9. The summed E-state index contributed by atoms with van der Waals surface area (Å²) in [7, 11) is 1.62. The Kier molecular flexibility index (Phi) is 7.57. The zero-order valence-electron chi connectivity index (χ0n) is 19.8. The summed E-state index contributed by atoms with van der Waals surface area (Å²) in [5, 5.41) is 4.79. The van der Waals surface area contributed by atoms with E-state index in [1.54, 1.807) is 11.8 Å². The molecule has 0 aliphatic heterocycles. The lowest BCUT2D eigenvalue weighted by molar-refractivity contribution is -0.137. The van der Waals surface area contributed by atoms with Crippen LogP contribution < -0.4 is 9.47 Å². The van der Waals surface area contributed by atoms with Crippen molar-refractivity contribution in [2.24, 2.45) is 5.92 Å². The summed E-state index contributed by atoms with van der Waals surface area (Å²) < 4.78 is 13.7. The molecule has 6 nitrogen and oxygen atoms in total. The van der Waals surface area contributed by atoms with Gasteiger partial charge in [0, 0.05) is 12.0 Å². The lowest BCUT2D eigenvalue weighted by Crippen LogP contribution is -2.40. The molecule has 1 amide bonds. The molecule has 0 saturated carbocycles. The number of ether oxygens (including phenoxy) is 2. The Morgan fingerprint density at radius 2 is 1.66 bits per heavy atom. The van der Waals surface area contributed by atoms with E-state index < -0.39 is 0 Å². The zero-order valence-corrected chi connectivity index (χ0v) is 19.8. The maximum Gasteiger partial charge on any atom is 0.228 e. The molecule has 0 bridgehead atoms. The fourth-order valence-electron chi connectivity index (χ4n) is 3.55. The molecule has 0 N–H and O–H groups in total. The molecule has 170 valence electrons. The Hall–Kier alpha value is -3.28. The molecule has 3 rings (SSSR count). The lowest BCUT2D eigenvalue weighted by atomic mass is 10.1. The maximum atomic E-state index is 13.0. The van der Waals surface area contributed by atoms with Crippen LogP contribution in [0.1, 0.15) is 45.4 Å². The van der Waals surface area contributed by atoms with Crippen LogP contribution in [0.25, 0.3) is 5.69 Å². The Morgan fingerprint density at radius 1 is 1.03 bits per heavy atom. The molecule has 1 aromatic heterocycles. The van der Waals surface area contributed by atoms with Gasteiger partial charge in [-0.1, -0.05) is 51.1 Å². The highest BCUT2D eigenvalue weighted by Crippen LogP contribution is 2.36. The quantitative estimate of drug-likeness (QED) is 0.428. The summed E-state index contributed by atoms with van der Waals surface area (Å²) >= 11 is 0. The van der Waals surface area contributed by atoms with E-state index >= 15 is 0 Å². The molecule has 0 spiro atoms.